The molecule has 1 aromatic heterocycles. The Morgan fingerprint density at radius 3 is 2.38 bits per heavy atom. The lowest BCUT2D eigenvalue weighted by Crippen LogP contribution is -2.07. The standard InChI is InChI=1S/C16H16N4O/c1-3-8-14(9-4-1)16-17-19-20(18-16)12-7-13-21-15-10-5-2-6-11-15/h1-6,8-11H,7,12-13H2. The molecule has 0 aliphatic carbocycles. The predicted octanol–water partition coefficient (Wildman–Crippen LogP) is 2.81. The summed E-state index contributed by atoms with van der Waals surface area (Å²) >= 11 is 0. The van der Waals surface area contributed by atoms with E-state index >= 15 is 0 Å². The van der Waals surface area contributed by atoms with Crippen molar-refractivity contribution in [2.24, 2.45) is 0 Å². The molecule has 0 aliphatic rings. The van der Waals surface area contributed by atoms with Crippen LogP contribution in [0.4, 0.5) is 0 Å². The quantitative estimate of drug-likeness (QED) is 0.651. The Bertz CT molecular complexity index is 667. The maximum absolute atomic E-state index is 5.63. The minimum Gasteiger partial charge on any atom is -0.494 e. The monoisotopic (exact) mass is 280 g/mol. The van der Waals surface area contributed by atoms with Gasteiger partial charge in [-0.1, -0.05) is 48.5 Å². The number of tetrazole rings is 1. The second-order valence-corrected chi connectivity index (χ2v) is 4.59. The molecule has 106 valence electrons. The normalized spacial score (nSPS) is 10.5. The molecule has 21 heavy (non-hydrogen) atoms. The van der Waals surface area contributed by atoms with Crippen LogP contribution in [0.1, 0.15) is 6.42 Å². The van der Waals surface area contributed by atoms with E-state index in [1.165, 1.54) is 0 Å². The topological polar surface area (TPSA) is 52.8 Å². The van der Waals surface area contributed by atoms with E-state index < -0.39 is 0 Å². The van der Waals surface area contributed by atoms with Crippen LogP contribution in [-0.4, -0.2) is 26.8 Å². The molecule has 0 N–H and O–H groups in total. The van der Waals surface area contributed by atoms with E-state index in [0.29, 0.717) is 19.0 Å². The van der Waals surface area contributed by atoms with Gasteiger partial charge in [-0.25, -0.2) is 0 Å². The number of nitrogens with zero attached hydrogens (tertiary/aromatic N) is 4. The van der Waals surface area contributed by atoms with E-state index in [0.717, 1.165) is 17.7 Å². The maximum atomic E-state index is 5.63. The van der Waals surface area contributed by atoms with E-state index in [4.69, 9.17) is 4.74 Å². The van der Waals surface area contributed by atoms with Gasteiger partial charge in [-0.05, 0) is 17.3 Å². The van der Waals surface area contributed by atoms with Crippen molar-refractivity contribution in [2.75, 3.05) is 6.61 Å². The molecule has 0 spiro atoms. The van der Waals surface area contributed by atoms with E-state index in [1.807, 2.05) is 60.7 Å². The van der Waals surface area contributed by atoms with Crippen LogP contribution in [0.15, 0.2) is 60.7 Å². The summed E-state index contributed by atoms with van der Waals surface area (Å²) in [6, 6.07) is 19.6. The average Bonchev–Trinajstić information content (AvgIpc) is 3.02. The number of hydrogen-bond donors (Lipinski definition) is 0. The molecular formula is C16H16N4O. The highest BCUT2D eigenvalue weighted by atomic mass is 16.5. The van der Waals surface area contributed by atoms with Gasteiger partial charge >= 0.3 is 0 Å². The molecule has 3 aromatic rings. The summed E-state index contributed by atoms with van der Waals surface area (Å²) in [6.07, 6.45) is 0.833. The zero-order chi connectivity index (χ0) is 14.3. The van der Waals surface area contributed by atoms with Gasteiger partial charge in [0, 0.05) is 12.0 Å². The van der Waals surface area contributed by atoms with Gasteiger partial charge < -0.3 is 4.74 Å². The van der Waals surface area contributed by atoms with E-state index in [1.54, 1.807) is 4.80 Å². The Morgan fingerprint density at radius 1 is 0.905 bits per heavy atom. The van der Waals surface area contributed by atoms with Gasteiger partial charge in [0.15, 0.2) is 0 Å². The largest absolute Gasteiger partial charge is 0.494 e. The van der Waals surface area contributed by atoms with E-state index in [-0.39, 0.29) is 0 Å². The summed E-state index contributed by atoms with van der Waals surface area (Å²) in [5, 5.41) is 12.5. The maximum Gasteiger partial charge on any atom is 0.204 e. The zero-order valence-corrected chi connectivity index (χ0v) is 11.6. The second-order valence-electron chi connectivity index (χ2n) is 4.59. The highest BCUT2D eigenvalue weighted by molar-refractivity contribution is 5.52. The zero-order valence-electron chi connectivity index (χ0n) is 11.6. The Morgan fingerprint density at radius 2 is 1.62 bits per heavy atom. The third kappa shape index (κ3) is 3.66. The van der Waals surface area contributed by atoms with Crippen LogP contribution in [-0.2, 0) is 6.54 Å². The van der Waals surface area contributed by atoms with Crippen LogP contribution >= 0.6 is 0 Å². The van der Waals surface area contributed by atoms with Crippen LogP contribution in [0, 0.1) is 0 Å². The first kappa shape index (κ1) is 13.3. The van der Waals surface area contributed by atoms with Crippen molar-refractivity contribution in [3.8, 4) is 17.1 Å². The van der Waals surface area contributed by atoms with Gasteiger partial charge in [-0.3, -0.25) is 0 Å². The minimum atomic E-state index is 0.631. The molecule has 0 saturated carbocycles. The van der Waals surface area contributed by atoms with Crippen molar-refractivity contribution in [3.05, 3.63) is 60.7 Å². The molecule has 1 heterocycles. The van der Waals surface area contributed by atoms with E-state index in [2.05, 4.69) is 15.4 Å². The molecule has 0 amide bonds. The van der Waals surface area contributed by atoms with Gasteiger partial charge in [0.05, 0.1) is 13.2 Å². The highest BCUT2D eigenvalue weighted by Gasteiger charge is 2.04. The lowest BCUT2D eigenvalue weighted by Gasteiger charge is -2.04. The second kappa shape index (κ2) is 6.65. The number of hydrogen-bond acceptors (Lipinski definition) is 4. The molecule has 5 heteroatoms. The summed E-state index contributed by atoms with van der Waals surface area (Å²) in [4.78, 5) is 1.61. The SMILES string of the molecule is c1ccc(OCCCn2nnc(-c3ccccc3)n2)cc1. The molecule has 0 fully saturated rings. The summed E-state index contributed by atoms with van der Waals surface area (Å²) < 4.78 is 5.63. The molecule has 0 bridgehead atoms. The van der Waals surface area contributed by atoms with Crippen molar-refractivity contribution in [1.29, 1.82) is 0 Å². The molecule has 2 aromatic carbocycles. The lowest BCUT2D eigenvalue weighted by atomic mass is 10.2. The minimum absolute atomic E-state index is 0.631. The first-order chi connectivity index (χ1) is 10.4. The van der Waals surface area contributed by atoms with Crippen molar-refractivity contribution < 1.29 is 4.74 Å². The number of benzene rings is 2. The summed E-state index contributed by atoms with van der Waals surface area (Å²) in [6.45, 7) is 1.32. The Balaban J connectivity index is 1.49. The number of aromatic nitrogens is 4. The molecule has 0 saturated heterocycles. The summed E-state index contributed by atoms with van der Waals surface area (Å²) in [5.41, 5.74) is 0.976. The number of para-hydroxylation sites is 1. The molecule has 0 radical (unpaired) electrons. The van der Waals surface area contributed by atoms with Crippen molar-refractivity contribution in [1.82, 2.24) is 20.2 Å². The Labute approximate surface area is 123 Å². The molecular weight excluding hydrogens is 264 g/mol. The van der Waals surface area contributed by atoms with Gasteiger partial charge in [0.1, 0.15) is 5.75 Å². The highest BCUT2D eigenvalue weighted by Crippen LogP contribution is 2.12. The van der Waals surface area contributed by atoms with Crippen molar-refractivity contribution in [3.63, 3.8) is 0 Å². The van der Waals surface area contributed by atoms with Crippen LogP contribution in [0.5, 0.6) is 5.75 Å². The number of ether oxygens (including phenoxy) is 1. The van der Waals surface area contributed by atoms with Gasteiger partial charge in [0.25, 0.3) is 0 Å². The van der Waals surface area contributed by atoms with Crippen LogP contribution in [0.25, 0.3) is 11.4 Å². The molecule has 0 atom stereocenters. The van der Waals surface area contributed by atoms with Crippen LogP contribution < -0.4 is 4.74 Å². The molecule has 3 rings (SSSR count). The smallest absolute Gasteiger partial charge is 0.204 e. The van der Waals surface area contributed by atoms with Crippen molar-refractivity contribution in [2.45, 2.75) is 13.0 Å². The molecule has 0 unspecified atom stereocenters. The Kier molecular flexibility index (Phi) is 4.21. The molecule has 5 nitrogen and oxygen atoms in total. The average molecular weight is 280 g/mol. The third-order valence-corrected chi connectivity index (χ3v) is 3.00. The summed E-state index contributed by atoms with van der Waals surface area (Å²) in [7, 11) is 0. The fourth-order valence-corrected chi connectivity index (χ4v) is 1.95. The van der Waals surface area contributed by atoms with Gasteiger partial charge in [-0.15, -0.1) is 10.2 Å². The lowest BCUT2D eigenvalue weighted by molar-refractivity contribution is 0.293. The van der Waals surface area contributed by atoms with Gasteiger partial charge in [-0.2, -0.15) is 4.80 Å². The van der Waals surface area contributed by atoms with Crippen LogP contribution in [0.3, 0.4) is 0 Å². The third-order valence-electron chi connectivity index (χ3n) is 3.00. The fourth-order valence-electron chi connectivity index (χ4n) is 1.95. The van der Waals surface area contributed by atoms with E-state index in [9.17, 15) is 0 Å². The van der Waals surface area contributed by atoms with Gasteiger partial charge in [0.2, 0.25) is 5.82 Å². The summed E-state index contributed by atoms with van der Waals surface area (Å²) in [5.74, 6) is 1.54. The molecule has 0 aliphatic heterocycles. The predicted molar refractivity (Wildman–Crippen MR) is 79.8 cm³/mol. The van der Waals surface area contributed by atoms with Crippen molar-refractivity contribution >= 4 is 0 Å². The Hall–Kier alpha value is -2.69. The first-order valence-electron chi connectivity index (χ1n) is 6.93. The number of rotatable bonds is 6. The number of aryl methyl sites for hydroxylation is 1. The first-order valence-corrected chi connectivity index (χ1v) is 6.93. The fraction of sp³-hybridized carbons (Fsp3) is 0.188. The van der Waals surface area contributed by atoms with Crippen LogP contribution in [0.2, 0.25) is 0 Å².